The van der Waals surface area contributed by atoms with Gasteiger partial charge in [-0.2, -0.15) is 0 Å². The molecule has 9 nitrogen and oxygen atoms in total. The number of halogens is 1. The summed E-state index contributed by atoms with van der Waals surface area (Å²) in [5, 5.41) is 5.46. The van der Waals surface area contributed by atoms with E-state index in [0.717, 1.165) is 6.07 Å². The quantitative estimate of drug-likeness (QED) is 0.602. The lowest BCUT2D eigenvalue weighted by Gasteiger charge is -2.27. The third-order valence-corrected chi connectivity index (χ3v) is 6.02. The van der Waals surface area contributed by atoms with Crippen LogP contribution in [0.3, 0.4) is 0 Å². The molecule has 2 heterocycles. The van der Waals surface area contributed by atoms with Gasteiger partial charge in [0.1, 0.15) is 18.5 Å². The number of benzene rings is 2. The summed E-state index contributed by atoms with van der Waals surface area (Å²) >= 11 is 0. The molecule has 2 aliphatic rings. The number of rotatable bonds is 6. The van der Waals surface area contributed by atoms with Gasteiger partial charge in [0.25, 0.3) is 5.91 Å². The molecule has 0 aromatic heterocycles. The van der Waals surface area contributed by atoms with Gasteiger partial charge in [0.2, 0.25) is 5.91 Å². The first-order valence-corrected chi connectivity index (χ1v) is 11.6. The van der Waals surface area contributed by atoms with Crippen molar-refractivity contribution in [3.8, 4) is 12.3 Å². The van der Waals surface area contributed by atoms with Gasteiger partial charge in [-0.3, -0.25) is 9.59 Å². The maximum Gasteiger partial charge on any atom is 0.322 e. The molecule has 2 atom stereocenters. The number of nitrogens with one attached hydrogen (secondary N) is 2. The number of terminal acetylenes is 1. The summed E-state index contributed by atoms with van der Waals surface area (Å²) in [5.74, 6) is 1.06. The van der Waals surface area contributed by atoms with Crippen LogP contribution in [0.1, 0.15) is 18.9 Å². The van der Waals surface area contributed by atoms with Crippen molar-refractivity contribution in [1.29, 1.82) is 0 Å². The second-order valence-electron chi connectivity index (χ2n) is 8.39. The standard InChI is InChI=1S/C26H27FN4O5/c1-3-17-5-7-18(8-6-17)29-26(34)31-15-20(36-4-2)14-23(31)25(33)28-19-9-10-22(21(27)13-19)30-11-12-35-16-24(30)32/h1,5-10,13,20,23H,4,11-12,14-16H2,2H3,(H,28,33)(H,29,34)/t20-,23-/m1/s1. The molecule has 0 saturated carbocycles. The lowest BCUT2D eigenvalue weighted by atomic mass is 10.1. The molecule has 36 heavy (non-hydrogen) atoms. The maximum atomic E-state index is 14.8. The third kappa shape index (κ3) is 5.64. The van der Waals surface area contributed by atoms with Gasteiger partial charge >= 0.3 is 6.03 Å². The summed E-state index contributed by atoms with van der Waals surface area (Å²) in [5.41, 5.74) is 1.55. The fourth-order valence-electron chi connectivity index (χ4n) is 4.27. The van der Waals surface area contributed by atoms with Crippen LogP contribution in [0.2, 0.25) is 0 Å². The lowest BCUT2D eigenvalue weighted by Crippen LogP contribution is -2.45. The Morgan fingerprint density at radius 1 is 1.19 bits per heavy atom. The van der Waals surface area contributed by atoms with Crippen LogP contribution in [0.15, 0.2) is 42.5 Å². The topological polar surface area (TPSA) is 100 Å². The van der Waals surface area contributed by atoms with E-state index in [4.69, 9.17) is 15.9 Å². The van der Waals surface area contributed by atoms with Crippen molar-refractivity contribution in [3.05, 3.63) is 53.8 Å². The van der Waals surface area contributed by atoms with E-state index < -0.39 is 23.8 Å². The number of likely N-dealkylation sites (tertiary alicyclic amines) is 1. The molecule has 0 bridgehead atoms. The summed E-state index contributed by atoms with van der Waals surface area (Å²) in [6.45, 7) is 2.97. The minimum Gasteiger partial charge on any atom is -0.377 e. The van der Waals surface area contributed by atoms with Gasteiger partial charge in [-0.25, -0.2) is 9.18 Å². The zero-order valence-electron chi connectivity index (χ0n) is 19.8. The molecule has 2 aromatic carbocycles. The average molecular weight is 495 g/mol. The van der Waals surface area contributed by atoms with Crippen LogP contribution in [0, 0.1) is 18.2 Å². The number of morpholine rings is 1. The van der Waals surface area contributed by atoms with Crippen molar-refractivity contribution in [3.63, 3.8) is 0 Å². The average Bonchev–Trinajstić information content (AvgIpc) is 3.30. The van der Waals surface area contributed by atoms with Crippen molar-refractivity contribution >= 4 is 34.9 Å². The van der Waals surface area contributed by atoms with Crippen molar-refractivity contribution < 1.29 is 28.2 Å². The molecule has 4 amide bonds. The third-order valence-electron chi connectivity index (χ3n) is 6.02. The smallest absolute Gasteiger partial charge is 0.322 e. The summed E-state index contributed by atoms with van der Waals surface area (Å²) in [6, 6.07) is 9.60. The minimum atomic E-state index is -0.824. The number of anilines is 3. The molecular weight excluding hydrogens is 467 g/mol. The van der Waals surface area contributed by atoms with Crippen molar-refractivity contribution in [2.45, 2.75) is 25.5 Å². The van der Waals surface area contributed by atoms with Crippen LogP contribution in [-0.4, -0.2) is 67.8 Å². The normalized spacial score (nSPS) is 19.6. The molecule has 188 valence electrons. The Bertz CT molecular complexity index is 1180. The van der Waals surface area contributed by atoms with Crippen LogP contribution < -0.4 is 15.5 Å². The highest BCUT2D eigenvalue weighted by Gasteiger charge is 2.40. The van der Waals surface area contributed by atoms with Gasteiger partial charge in [0.15, 0.2) is 0 Å². The molecule has 2 fully saturated rings. The number of hydrogen-bond acceptors (Lipinski definition) is 5. The van der Waals surface area contributed by atoms with E-state index in [1.165, 1.54) is 21.9 Å². The number of carbonyl (C=O) groups is 3. The van der Waals surface area contributed by atoms with Gasteiger partial charge in [0, 0.05) is 43.1 Å². The van der Waals surface area contributed by atoms with Crippen LogP contribution >= 0.6 is 0 Å². The molecule has 2 aromatic rings. The Balaban J connectivity index is 1.46. The number of urea groups is 1. The van der Waals surface area contributed by atoms with Gasteiger partial charge in [-0.15, -0.1) is 6.42 Å². The van der Waals surface area contributed by atoms with Crippen LogP contribution in [0.4, 0.5) is 26.2 Å². The molecule has 0 radical (unpaired) electrons. The van der Waals surface area contributed by atoms with E-state index in [2.05, 4.69) is 16.6 Å². The summed E-state index contributed by atoms with van der Waals surface area (Å²) in [6.07, 6.45) is 5.36. The van der Waals surface area contributed by atoms with Gasteiger partial charge in [-0.1, -0.05) is 5.92 Å². The van der Waals surface area contributed by atoms with Crippen molar-refractivity contribution in [1.82, 2.24) is 4.90 Å². The van der Waals surface area contributed by atoms with E-state index in [0.29, 0.717) is 30.9 Å². The highest BCUT2D eigenvalue weighted by atomic mass is 19.1. The first-order valence-electron chi connectivity index (χ1n) is 11.6. The molecular formula is C26H27FN4O5. The predicted octanol–water partition coefficient (Wildman–Crippen LogP) is 2.82. The van der Waals surface area contributed by atoms with E-state index in [1.807, 2.05) is 6.92 Å². The predicted molar refractivity (Wildman–Crippen MR) is 132 cm³/mol. The lowest BCUT2D eigenvalue weighted by molar-refractivity contribution is -0.125. The molecule has 2 saturated heterocycles. The monoisotopic (exact) mass is 494 g/mol. The number of carbonyl (C=O) groups excluding carboxylic acids is 3. The Morgan fingerprint density at radius 3 is 2.61 bits per heavy atom. The first kappa shape index (κ1) is 25.2. The second kappa shape index (κ2) is 11.2. The Morgan fingerprint density at radius 2 is 1.94 bits per heavy atom. The minimum absolute atomic E-state index is 0.105. The number of nitrogens with zero attached hydrogens (tertiary/aromatic N) is 2. The molecule has 0 aliphatic carbocycles. The zero-order chi connectivity index (χ0) is 25.7. The number of amides is 4. The van der Waals surface area contributed by atoms with Gasteiger partial charge in [0.05, 0.1) is 18.4 Å². The van der Waals surface area contributed by atoms with E-state index in [-0.39, 0.29) is 43.1 Å². The summed E-state index contributed by atoms with van der Waals surface area (Å²) in [7, 11) is 0. The fraction of sp³-hybridized carbons (Fsp3) is 0.346. The summed E-state index contributed by atoms with van der Waals surface area (Å²) < 4.78 is 25.6. The largest absolute Gasteiger partial charge is 0.377 e. The van der Waals surface area contributed by atoms with Crippen LogP contribution in [0.25, 0.3) is 0 Å². The summed E-state index contributed by atoms with van der Waals surface area (Å²) in [4.78, 5) is 40.9. The molecule has 2 aliphatic heterocycles. The van der Waals surface area contributed by atoms with Crippen molar-refractivity contribution in [2.75, 3.05) is 48.4 Å². The van der Waals surface area contributed by atoms with Crippen LogP contribution in [-0.2, 0) is 19.1 Å². The maximum absolute atomic E-state index is 14.8. The Hall–Kier alpha value is -3.94. The number of ether oxygens (including phenoxy) is 2. The number of hydrogen-bond donors (Lipinski definition) is 2. The second-order valence-corrected chi connectivity index (χ2v) is 8.39. The van der Waals surface area contributed by atoms with Gasteiger partial charge in [-0.05, 0) is 49.4 Å². The van der Waals surface area contributed by atoms with E-state index >= 15 is 0 Å². The van der Waals surface area contributed by atoms with E-state index in [9.17, 15) is 18.8 Å². The molecule has 0 unspecified atom stereocenters. The fourth-order valence-corrected chi connectivity index (χ4v) is 4.27. The van der Waals surface area contributed by atoms with Crippen LogP contribution in [0.5, 0.6) is 0 Å². The molecule has 0 spiro atoms. The molecule has 10 heteroatoms. The van der Waals surface area contributed by atoms with E-state index in [1.54, 1.807) is 24.3 Å². The molecule has 2 N–H and O–H groups in total. The highest BCUT2D eigenvalue weighted by molar-refractivity contribution is 6.00. The molecule has 4 rings (SSSR count). The Labute approximate surface area is 208 Å². The zero-order valence-corrected chi connectivity index (χ0v) is 19.8. The Kier molecular flexibility index (Phi) is 7.83. The first-order chi connectivity index (χ1) is 17.4. The van der Waals surface area contributed by atoms with Gasteiger partial charge < -0.3 is 29.9 Å². The van der Waals surface area contributed by atoms with Crippen molar-refractivity contribution in [2.24, 2.45) is 0 Å². The SMILES string of the molecule is C#Cc1ccc(NC(=O)N2C[C@H](OCC)C[C@@H]2C(=O)Nc2ccc(N3CCOCC3=O)c(F)c2)cc1. The highest BCUT2D eigenvalue weighted by Crippen LogP contribution is 2.27.